The van der Waals surface area contributed by atoms with E-state index in [4.69, 9.17) is 23.7 Å². The number of rotatable bonds is 6. The summed E-state index contributed by atoms with van der Waals surface area (Å²) in [6, 6.07) is 12.8. The molecular formula is C30H40O12. The second kappa shape index (κ2) is 13.5. The van der Waals surface area contributed by atoms with Crippen molar-refractivity contribution in [2.75, 3.05) is 19.8 Å². The second-order valence-electron chi connectivity index (χ2n) is 11.3. The minimum absolute atomic E-state index is 0.0706. The van der Waals surface area contributed by atoms with Gasteiger partial charge in [-0.25, -0.2) is 0 Å². The summed E-state index contributed by atoms with van der Waals surface area (Å²) < 4.78 is 28.7. The minimum Gasteiger partial charge on any atom is -0.504 e. The van der Waals surface area contributed by atoms with E-state index < -0.39 is 55.3 Å². The molecule has 12 heteroatoms. The van der Waals surface area contributed by atoms with Gasteiger partial charge in [-0.15, -0.1) is 0 Å². The summed E-state index contributed by atoms with van der Waals surface area (Å²) in [5.41, 5.74) is 0.182. The van der Waals surface area contributed by atoms with Crippen LogP contribution in [0.4, 0.5) is 0 Å². The lowest BCUT2D eigenvalue weighted by Gasteiger charge is -2.41. The van der Waals surface area contributed by atoms with Crippen LogP contribution in [0.2, 0.25) is 0 Å². The van der Waals surface area contributed by atoms with Crippen LogP contribution < -0.4 is 4.74 Å². The fourth-order valence-electron chi connectivity index (χ4n) is 5.44. The third kappa shape index (κ3) is 7.05. The van der Waals surface area contributed by atoms with Crippen molar-refractivity contribution < 1.29 is 59.4 Å². The van der Waals surface area contributed by atoms with Crippen LogP contribution in [0.1, 0.15) is 36.8 Å². The van der Waals surface area contributed by atoms with Gasteiger partial charge < -0.3 is 59.4 Å². The summed E-state index contributed by atoms with van der Waals surface area (Å²) in [7, 11) is 0. The van der Waals surface area contributed by atoms with Gasteiger partial charge in [-0.1, -0.05) is 24.6 Å². The first kappa shape index (κ1) is 31.1. The van der Waals surface area contributed by atoms with Crippen molar-refractivity contribution in [2.45, 2.75) is 93.3 Å². The molecule has 2 fully saturated rings. The second-order valence-corrected chi connectivity index (χ2v) is 11.3. The molecule has 232 valence electrons. The van der Waals surface area contributed by atoms with E-state index in [2.05, 4.69) is 0 Å². The van der Waals surface area contributed by atoms with Gasteiger partial charge in [-0.05, 0) is 67.5 Å². The van der Waals surface area contributed by atoms with Gasteiger partial charge >= 0.3 is 0 Å². The molecule has 9 atom stereocenters. The minimum atomic E-state index is -1.87. The summed E-state index contributed by atoms with van der Waals surface area (Å²) in [4.78, 5) is 0. The molecular weight excluding hydrogens is 552 g/mol. The summed E-state index contributed by atoms with van der Waals surface area (Å²) in [6.07, 6.45) is -5.87. The molecule has 4 aliphatic rings. The highest BCUT2D eigenvalue weighted by Crippen LogP contribution is 2.33. The Kier molecular flexibility index (Phi) is 10.0. The molecule has 0 aromatic heterocycles. The summed E-state index contributed by atoms with van der Waals surface area (Å²) in [5.74, 6) is 1.07. The molecule has 0 spiro atoms. The monoisotopic (exact) mass is 592 g/mol. The summed E-state index contributed by atoms with van der Waals surface area (Å²) in [5, 5.41) is 71.8. The van der Waals surface area contributed by atoms with Crippen molar-refractivity contribution in [3.63, 3.8) is 0 Å². The van der Waals surface area contributed by atoms with Crippen LogP contribution in [0.15, 0.2) is 42.5 Å². The van der Waals surface area contributed by atoms with Crippen molar-refractivity contribution in [1.82, 2.24) is 0 Å². The molecule has 2 saturated heterocycles. The molecule has 0 unspecified atom stereocenters. The number of aliphatic hydroxyl groups is 6. The van der Waals surface area contributed by atoms with Gasteiger partial charge in [0.2, 0.25) is 0 Å². The Hall–Kier alpha value is -2.36. The highest BCUT2D eigenvalue weighted by Gasteiger charge is 2.50. The first-order valence-corrected chi connectivity index (χ1v) is 14.3. The molecule has 4 aliphatic heterocycles. The van der Waals surface area contributed by atoms with Crippen LogP contribution in [-0.2, 0) is 31.8 Å². The topological polar surface area (TPSA) is 188 Å². The number of aliphatic hydroxyl groups excluding tert-OH is 5. The molecule has 42 heavy (non-hydrogen) atoms. The van der Waals surface area contributed by atoms with Gasteiger partial charge in [-0.2, -0.15) is 0 Å². The lowest BCUT2D eigenvalue weighted by Crippen LogP contribution is -2.60. The van der Waals surface area contributed by atoms with Gasteiger partial charge in [0.25, 0.3) is 0 Å². The average Bonchev–Trinajstić information content (AvgIpc) is 3.28. The van der Waals surface area contributed by atoms with E-state index >= 15 is 0 Å². The zero-order valence-corrected chi connectivity index (χ0v) is 23.2. The van der Waals surface area contributed by atoms with Crippen molar-refractivity contribution in [2.24, 2.45) is 0 Å². The van der Waals surface area contributed by atoms with Crippen molar-refractivity contribution in [1.29, 1.82) is 0 Å². The molecule has 0 saturated carbocycles. The van der Waals surface area contributed by atoms with Crippen molar-refractivity contribution in [3.8, 4) is 17.2 Å². The smallest absolute Gasteiger partial charge is 0.186 e. The van der Waals surface area contributed by atoms with Gasteiger partial charge in [0, 0.05) is 0 Å². The zero-order chi connectivity index (χ0) is 29.9. The van der Waals surface area contributed by atoms with Gasteiger partial charge in [0.1, 0.15) is 41.9 Å². The maximum atomic E-state index is 10.7. The fraction of sp³-hybridized carbons (Fsp3) is 0.600. The normalized spacial score (nSPS) is 35.8. The number of phenols is 1. The molecule has 7 N–H and O–H groups in total. The highest BCUT2D eigenvalue weighted by molar-refractivity contribution is 5.45. The molecule has 0 amide bonds. The Morgan fingerprint density at radius 1 is 0.857 bits per heavy atom. The van der Waals surface area contributed by atoms with Crippen LogP contribution >= 0.6 is 0 Å². The van der Waals surface area contributed by atoms with E-state index in [9.17, 15) is 35.7 Å². The first-order valence-electron chi connectivity index (χ1n) is 14.3. The van der Waals surface area contributed by atoms with Crippen LogP contribution in [0, 0.1) is 0 Å². The predicted molar refractivity (Wildman–Crippen MR) is 146 cm³/mol. The van der Waals surface area contributed by atoms with Crippen LogP contribution in [0.25, 0.3) is 0 Å². The Balaban J connectivity index is 1.24. The largest absolute Gasteiger partial charge is 0.504 e. The zero-order valence-electron chi connectivity index (χ0n) is 23.2. The van der Waals surface area contributed by atoms with Gasteiger partial charge in [-0.3, -0.25) is 0 Å². The molecule has 2 aromatic carbocycles. The van der Waals surface area contributed by atoms with E-state index in [0.29, 0.717) is 30.8 Å². The number of benzene rings is 2. The van der Waals surface area contributed by atoms with E-state index in [1.807, 2.05) is 36.4 Å². The summed E-state index contributed by atoms with van der Waals surface area (Å²) in [6.45, 7) is -1.42. The highest BCUT2D eigenvalue weighted by atomic mass is 16.7. The first-order chi connectivity index (χ1) is 20.2. The van der Waals surface area contributed by atoms with E-state index in [1.165, 1.54) is 0 Å². The summed E-state index contributed by atoms with van der Waals surface area (Å²) >= 11 is 0. The molecule has 4 heterocycles. The van der Waals surface area contributed by atoms with E-state index in [-0.39, 0.29) is 25.1 Å². The SMILES string of the molecule is OC[C@]1(O)CO[C@@H](OC[C@@H]2O[C@@H](O[C@H]3CCCCc4ccc(O)c(c4)Oc4ccc(cc4)CC3)[C@@H](O)[C@H](O)[C@H]2O)[C@@H]1O. The number of fused-ring (bicyclic) bond motifs is 8. The number of aryl methyl sites for hydroxylation is 2. The van der Waals surface area contributed by atoms with Crippen molar-refractivity contribution in [3.05, 3.63) is 53.6 Å². The molecule has 0 aliphatic carbocycles. The number of phenolic OH excluding ortho intramolecular Hbond substituents is 1. The number of aromatic hydroxyl groups is 1. The van der Waals surface area contributed by atoms with Gasteiger partial charge in [0.15, 0.2) is 24.1 Å². The van der Waals surface area contributed by atoms with Crippen molar-refractivity contribution >= 4 is 0 Å². The number of ether oxygens (including phenoxy) is 5. The Labute approximate surface area is 243 Å². The standard InChI is InChI=1S/C30H40O12/c31-15-30(37)16-39-29(27(30)36)38-14-23-24(33)25(34)26(35)28(42-23)41-19-4-2-1-3-18-8-12-21(32)22(13-18)40-20-10-6-17(5-9-19)7-11-20/h6-8,10-13,19,23-29,31-37H,1-5,9,14-16H2/t19-,23-,24-,25+,26-,27-,28+,29+,30-/m0/s1. The lowest BCUT2D eigenvalue weighted by molar-refractivity contribution is -0.319. The number of hydrogen-bond acceptors (Lipinski definition) is 12. The number of hydrogen-bond donors (Lipinski definition) is 7. The van der Waals surface area contributed by atoms with E-state index in [0.717, 1.165) is 30.4 Å². The van der Waals surface area contributed by atoms with Crippen LogP contribution in [0.5, 0.6) is 17.2 Å². The van der Waals surface area contributed by atoms with Crippen LogP contribution in [-0.4, -0.2) is 110 Å². The third-order valence-electron chi connectivity index (χ3n) is 8.17. The predicted octanol–water partition coefficient (Wildman–Crippen LogP) is 0.493. The lowest BCUT2D eigenvalue weighted by atomic mass is 9.98. The third-order valence-corrected chi connectivity index (χ3v) is 8.17. The molecule has 4 bridgehead atoms. The molecule has 6 rings (SSSR count). The van der Waals surface area contributed by atoms with Gasteiger partial charge in [0.05, 0.1) is 25.9 Å². The molecule has 2 aromatic rings. The Morgan fingerprint density at radius 3 is 2.36 bits per heavy atom. The Bertz CT molecular complexity index is 1160. The maximum Gasteiger partial charge on any atom is 0.186 e. The molecule has 0 radical (unpaired) electrons. The Morgan fingerprint density at radius 2 is 1.62 bits per heavy atom. The maximum absolute atomic E-state index is 10.7. The molecule has 12 nitrogen and oxygen atoms in total. The quantitative estimate of drug-likeness (QED) is 0.246. The van der Waals surface area contributed by atoms with E-state index in [1.54, 1.807) is 6.07 Å². The van der Waals surface area contributed by atoms with Crippen LogP contribution in [0.3, 0.4) is 0 Å². The fourth-order valence-corrected chi connectivity index (χ4v) is 5.44. The average molecular weight is 593 g/mol.